The van der Waals surface area contributed by atoms with E-state index in [1.54, 1.807) is 0 Å². The number of aliphatic hydroxyl groups excluding tert-OH is 1. The molecule has 1 atom stereocenters. The van der Waals surface area contributed by atoms with E-state index in [-0.39, 0.29) is 31.1 Å². The molecule has 0 aromatic carbocycles. The van der Waals surface area contributed by atoms with Crippen molar-refractivity contribution in [1.82, 2.24) is 4.90 Å². The molecule has 0 rings (SSSR count). The Hall–Kier alpha value is -2.34. The first-order chi connectivity index (χ1) is 31.0. The Bertz CT molecular complexity index is 1070. The third-order valence-corrected chi connectivity index (χ3v) is 10.5. The highest BCUT2D eigenvalue weighted by Gasteiger charge is 2.13. The molecule has 0 aromatic heterocycles. The predicted molar refractivity (Wildman–Crippen MR) is 261 cm³/mol. The summed E-state index contributed by atoms with van der Waals surface area (Å²) in [5.41, 5.74) is 0. The van der Waals surface area contributed by atoms with Crippen LogP contribution in [0, 0.1) is 0 Å². The molecule has 0 saturated heterocycles. The minimum Gasteiger partial charge on any atom is -0.466 e. The number of ether oxygens (including phenoxy) is 6. The van der Waals surface area contributed by atoms with Crippen LogP contribution < -0.4 is 0 Å². The van der Waals surface area contributed by atoms with Crippen molar-refractivity contribution >= 4 is 11.9 Å². The van der Waals surface area contributed by atoms with E-state index in [0.29, 0.717) is 59.0 Å². The van der Waals surface area contributed by atoms with Crippen LogP contribution in [-0.2, 0) is 38.0 Å². The molecule has 0 aromatic rings. The largest absolute Gasteiger partial charge is 0.466 e. The van der Waals surface area contributed by atoms with E-state index in [9.17, 15) is 14.7 Å². The number of esters is 2. The molecule has 10 heteroatoms. The Morgan fingerprint density at radius 2 is 0.825 bits per heavy atom. The van der Waals surface area contributed by atoms with Gasteiger partial charge >= 0.3 is 11.9 Å². The number of allylic oxidation sites excluding steroid dienone is 8. The van der Waals surface area contributed by atoms with Crippen LogP contribution in [0.2, 0.25) is 0 Å². The predicted octanol–water partition coefficient (Wildman–Crippen LogP) is 12.9. The van der Waals surface area contributed by atoms with Gasteiger partial charge in [0.1, 0.15) is 0 Å². The van der Waals surface area contributed by atoms with Crippen LogP contribution in [0.3, 0.4) is 0 Å². The summed E-state index contributed by atoms with van der Waals surface area (Å²) in [6, 6.07) is 0. The summed E-state index contributed by atoms with van der Waals surface area (Å²) in [5.74, 6) is -0.239. The fraction of sp³-hybridized carbons (Fsp3) is 0.811. The normalized spacial score (nSPS) is 12.7. The lowest BCUT2D eigenvalue weighted by Gasteiger charge is -2.21. The lowest BCUT2D eigenvalue weighted by Crippen LogP contribution is -2.29. The topological polar surface area (TPSA) is 113 Å². The van der Waals surface area contributed by atoms with Crippen molar-refractivity contribution in [3.05, 3.63) is 48.6 Å². The van der Waals surface area contributed by atoms with Crippen LogP contribution in [-0.4, -0.2) is 100 Å². The van der Waals surface area contributed by atoms with Gasteiger partial charge in [0.25, 0.3) is 0 Å². The molecule has 0 aliphatic heterocycles. The van der Waals surface area contributed by atoms with Gasteiger partial charge < -0.3 is 38.4 Å². The Kier molecular flexibility index (Phi) is 48.8. The van der Waals surface area contributed by atoms with Crippen LogP contribution in [0.4, 0.5) is 0 Å². The summed E-state index contributed by atoms with van der Waals surface area (Å²) in [6.45, 7) is 14.9. The third kappa shape index (κ3) is 46.0. The standard InChI is InChI=1S/C53H97NO9/c1-5-9-13-19-33-47-61-52(60-46-30-16-12-8-4)38-26-24-36-50(56)58-44-31-22-17-28-40-54(42-43-55)41-29-18-23-32-45-59-51(57)37-25-27-39-53(62-48-34-20-14-10-6-2)63-49-35-21-15-11-7-3/h8-15,52-53,55H,5-7,16-49H2,1-4H3/b12-8-,13-9-,14-10-,15-11-. The van der Waals surface area contributed by atoms with Gasteiger partial charge in [-0.05, 0) is 155 Å². The summed E-state index contributed by atoms with van der Waals surface area (Å²) in [5, 5.41) is 9.59. The summed E-state index contributed by atoms with van der Waals surface area (Å²) in [6.07, 6.45) is 42.0. The number of carbonyl (C=O) groups excluding carboxylic acids is 2. The van der Waals surface area contributed by atoms with Crippen molar-refractivity contribution in [2.45, 2.75) is 214 Å². The maximum absolute atomic E-state index is 12.3. The Labute approximate surface area is 387 Å². The monoisotopic (exact) mass is 892 g/mol. The number of carbonyl (C=O) groups is 2. The van der Waals surface area contributed by atoms with Gasteiger partial charge in [-0.3, -0.25) is 9.59 Å². The first-order valence-corrected chi connectivity index (χ1v) is 25.7. The van der Waals surface area contributed by atoms with E-state index >= 15 is 0 Å². The molecule has 0 amide bonds. The zero-order chi connectivity index (χ0) is 45.9. The molecule has 0 fully saturated rings. The summed E-state index contributed by atoms with van der Waals surface area (Å²) < 4.78 is 35.2. The minimum absolute atomic E-state index is 0.119. The van der Waals surface area contributed by atoms with E-state index in [1.807, 2.05) is 6.92 Å². The average Bonchev–Trinajstić information content (AvgIpc) is 3.28. The first kappa shape index (κ1) is 60.7. The van der Waals surface area contributed by atoms with Crippen molar-refractivity contribution < 1.29 is 43.1 Å². The summed E-state index contributed by atoms with van der Waals surface area (Å²) in [4.78, 5) is 27.0. The highest BCUT2D eigenvalue weighted by molar-refractivity contribution is 5.69. The van der Waals surface area contributed by atoms with Crippen LogP contribution >= 0.6 is 0 Å². The summed E-state index contributed by atoms with van der Waals surface area (Å²) >= 11 is 0. The van der Waals surface area contributed by atoms with Crippen molar-refractivity contribution in [2.75, 3.05) is 65.9 Å². The van der Waals surface area contributed by atoms with E-state index in [1.165, 1.54) is 0 Å². The smallest absolute Gasteiger partial charge is 0.305 e. The maximum Gasteiger partial charge on any atom is 0.305 e. The molecule has 0 heterocycles. The molecule has 10 nitrogen and oxygen atoms in total. The average molecular weight is 892 g/mol. The molecular formula is C53H97NO9. The molecule has 0 saturated carbocycles. The second-order valence-corrected chi connectivity index (χ2v) is 16.4. The Morgan fingerprint density at radius 3 is 1.19 bits per heavy atom. The first-order valence-electron chi connectivity index (χ1n) is 25.7. The quantitative estimate of drug-likeness (QED) is 0.0274. The second kappa shape index (κ2) is 50.7. The fourth-order valence-electron chi connectivity index (χ4n) is 6.85. The number of nitrogens with zero attached hydrogens (tertiary/aromatic N) is 1. The van der Waals surface area contributed by atoms with E-state index < -0.39 is 0 Å². The lowest BCUT2D eigenvalue weighted by molar-refractivity contribution is -0.149. The number of hydrogen-bond donors (Lipinski definition) is 1. The van der Waals surface area contributed by atoms with Crippen LogP contribution in [0.5, 0.6) is 0 Å². The van der Waals surface area contributed by atoms with Crippen molar-refractivity contribution in [2.24, 2.45) is 0 Å². The zero-order valence-corrected chi connectivity index (χ0v) is 41.1. The highest BCUT2D eigenvalue weighted by atomic mass is 16.7. The van der Waals surface area contributed by atoms with Gasteiger partial charge in [-0.25, -0.2) is 0 Å². The fourth-order valence-corrected chi connectivity index (χ4v) is 6.85. The van der Waals surface area contributed by atoms with Gasteiger partial charge in [-0.2, -0.15) is 0 Å². The Morgan fingerprint density at radius 1 is 0.444 bits per heavy atom. The van der Waals surface area contributed by atoms with Crippen LogP contribution in [0.1, 0.15) is 201 Å². The molecule has 0 aliphatic carbocycles. The molecule has 1 unspecified atom stereocenters. The second-order valence-electron chi connectivity index (χ2n) is 16.4. The number of rotatable bonds is 49. The number of unbranched alkanes of at least 4 members (excludes halogenated alkanes) is 12. The van der Waals surface area contributed by atoms with Gasteiger partial charge in [-0.1, -0.05) is 95.1 Å². The lowest BCUT2D eigenvalue weighted by atomic mass is 10.1. The molecular weight excluding hydrogens is 795 g/mol. The molecule has 0 radical (unpaired) electrons. The molecule has 63 heavy (non-hydrogen) atoms. The maximum atomic E-state index is 12.3. The Balaban J connectivity index is 4.05. The van der Waals surface area contributed by atoms with Gasteiger partial charge in [0.2, 0.25) is 0 Å². The van der Waals surface area contributed by atoms with Crippen molar-refractivity contribution in [1.29, 1.82) is 0 Å². The molecule has 368 valence electrons. The SMILES string of the molecule is C/C=C\CCCOC(CCCCC(=O)OCCCCCCN(CCO)CCCCCCOC(=O)CCCCC(OCCC/C=C\CC)OCCC/C=C\CC)OCCC/C=C\CC. The number of aliphatic hydroxyl groups is 1. The minimum atomic E-state index is -0.216. The van der Waals surface area contributed by atoms with Crippen molar-refractivity contribution in [3.8, 4) is 0 Å². The van der Waals surface area contributed by atoms with E-state index in [4.69, 9.17) is 28.4 Å². The summed E-state index contributed by atoms with van der Waals surface area (Å²) in [7, 11) is 0. The van der Waals surface area contributed by atoms with Crippen LogP contribution in [0.25, 0.3) is 0 Å². The molecule has 1 N–H and O–H groups in total. The zero-order valence-electron chi connectivity index (χ0n) is 41.1. The van der Waals surface area contributed by atoms with Gasteiger partial charge in [-0.15, -0.1) is 0 Å². The van der Waals surface area contributed by atoms with Crippen molar-refractivity contribution in [3.63, 3.8) is 0 Å². The molecule has 0 bridgehead atoms. The molecule has 0 spiro atoms. The number of hydrogen-bond acceptors (Lipinski definition) is 10. The molecule has 0 aliphatic rings. The highest BCUT2D eigenvalue weighted by Crippen LogP contribution is 2.14. The van der Waals surface area contributed by atoms with E-state index in [2.05, 4.69) is 74.3 Å². The van der Waals surface area contributed by atoms with E-state index in [0.717, 1.165) is 174 Å². The van der Waals surface area contributed by atoms with Gasteiger partial charge in [0.05, 0.1) is 46.2 Å². The van der Waals surface area contributed by atoms with Gasteiger partial charge in [0, 0.05) is 19.4 Å². The third-order valence-electron chi connectivity index (χ3n) is 10.5. The van der Waals surface area contributed by atoms with Gasteiger partial charge in [0.15, 0.2) is 12.6 Å². The van der Waals surface area contributed by atoms with Crippen LogP contribution in [0.15, 0.2) is 48.6 Å².